The van der Waals surface area contributed by atoms with E-state index in [9.17, 15) is 18.0 Å². The maximum absolute atomic E-state index is 12.6. The molecule has 2 N–H and O–H groups in total. The number of halogens is 3. The summed E-state index contributed by atoms with van der Waals surface area (Å²) in [5.74, 6) is -0.818. The first-order valence-corrected chi connectivity index (χ1v) is 6.85. The Labute approximate surface area is 113 Å². The lowest BCUT2D eigenvalue weighted by atomic mass is 10.2. The Balaban J connectivity index is 2.20. The molecule has 1 aromatic heterocycles. The molecule has 0 bridgehead atoms. The Morgan fingerprint density at radius 2 is 2.05 bits per heavy atom. The number of carbonyl (C=O) groups is 1. The van der Waals surface area contributed by atoms with Crippen LogP contribution in [0.5, 0.6) is 0 Å². The molecule has 0 atom stereocenters. The minimum atomic E-state index is -4.29. The lowest BCUT2D eigenvalue weighted by Crippen LogP contribution is -2.17. The van der Waals surface area contributed by atoms with Crippen LogP contribution in [0, 0.1) is 0 Å². The second kappa shape index (κ2) is 7.49. The molecule has 0 aliphatic heterocycles. The van der Waals surface area contributed by atoms with Crippen molar-refractivity contribution in [3.8, 4) is 0 Å². The Morgan fingerprint density at radius 3 is 2.68 bits per heavy atom. The van der Waals surface area contributed by atoms with E-state index in [-0.39, 0.29) is 18.5 Å². The summed E-state index contributed by atoms with van der Waals surface area (Å²) in [4.78, 5) is 9.70. The van der Waals surface area contributed by atoms with Crippen LogP contribution in [0.25, 0.3) is 0 Å². The van der Waals surface area contributed by atoms with Crippen LogP contribution in [-0.4, -0.2) is 17.6 Å². The van der Waals surface area contributed by atoms with Gasteiger partial charge < -0.3 is 10.4 Å². The molecule has 0 spiro atoms. The maximum Gasteiger partial charge on any atom is 0.425 e. The van der Waals surface area contributed by atoms with Crippen molar-refractivity contribution in [2.75, 3.05) is 6.54 Å². The normalized spacial score (nSPS) is 11.7. The van der Waals surface area contributed by atoms with Gasteiger partial charge in [-0.25, -0.2) is 0 Å². The Hall–Kier alpha value is -1.08. The molecular weight excluding hydrogens is 279 g/mol. The second-order valence-electron chi connectivity index (χ2n) is 4.15. The fourth-order valence-corrected chi connectivity index (χ4v) is 2.44. The van der Waals surface area contributed by atoms with Crippen molar-refractivity contribution in [2.45, 2.75) is 38.4 Å². The second-order valence-corrected chi connectivity index (χ2v) is 5.07. The van der Waals surface area contributed by atoms with Crippen molar-refractivity contribution in [3.63, 3.8) is 0 Å². The van der Waals surface area contributed by atoms with E-state index in [2.05, 4.69) is 5.32 Å². The Bertz CT molecular complexity index is 404. The number of carboxylic acids is 1. The summed E-state index contributed by atoms with van der Waals surface area (Å²) in [5.41, 5.74) is 0.267. The lowest BCUT2D eigenvalue weighted by molar-refractivity contribution is -0.137. The number of alkyl halides is 3. The monoisotopic (exact) mass is 295 g/mol. The van der Waals surface area contributed by atoms with Crippen LogP contribution in [0.3, 0.4) is 0 Å². The van der Waals surface area contributed by atoms with E-state index >= 15 is 0 Å². The van der Waals surface area contributed by atoms with Crippen LogP contribution in [-0.2, 0) is 17.5 Å². The third-order valence-electron chi connectivity index (χ3n) is 2.56. The number of rotatable bonds is 8. The first-order valence-electron chi connectivity index (χ1n) is 5.97. The largest absolute Gasteiger partial charge is 0.481 e. The molecule has 0 fully saturated rings. The third-order valence-corrected chi connectivity index (χ3v) is 3.57. The molecule has 0 unspecified atom stereocenters. The number of carboxylic acid groups (broad SMARTS) is 1. The summed E-state index contributed by atoms with van der Waals surface area (Å²) in [7, 11) is 0. The fourth-order valence-electron chi connectivity index (χ4n) is 1.65. The van der Waals surface area contributed by atoms with E-state index in [1.165, 1.54) is 11.4 Å². The molecule has 7 heteroatoms. The average Bonchev–Trinajstić information content (AvgIpc) is 2.75. The Kier molecular flexibility index (Phi) is 6.30. The third kappa shape index (κ3) is 6.07. The van der Waals surface area contributed by atoms with Crippen LogP contribution < -0.4 is 5.32 Å². The molecule has 0 saturated carbocycles. The zero-order valence-corrected chi connectivity index (χ0v) is 11.1. The van der Waals surface area contributed by atoms with Gasteiger partial charge in [0.25, 0.3) is 0 Å². The highest BCUT2D eigenvalue weighted by Crippen LogP contribution is 2.35. The summed E-state index contributed by atoms with van der Waals surface area (Å²) in [6, 6.07) is 1.48. The van der Waals surface area contributed by atoms with Crippen molar-refractivity contribution < 1.29 is 23.1 Å². The van der Waals surface area contributed by atoms with E-state index in [4.69, 9.17) is 5.11 Å². The van der Waals surface area contributed by atoms with Crippen LogP contribution in [0.15, 0.2) is 11.4 Å². The molecule has 0 radical (unpaired) electrons. The zero-order valence-electron chi connectivity index (χ0n) is 10.3. The Morgan fingerprint density at radius 1 is 1.32 bits per heavy atom. The fraction of sp³-hybridized carbons (Fsp3) is 0.583. The summed E-state index contributed by atoms with van der Waals surface area (Å²) in [5, 5.41) is 12.8. The van der Waals surface area contributed by atoms with Crippen LogP contribution in [0.4, 0.5) is 13.2 Å². The molecule has 1 rings (SSSR count). The maximum atomic E-state index is 12.6. The standard InChI is InChI=1S/C12H16F3NO2S/c13-12(14,15)11-9(5-7-19-11)8-16-6-3-1-2-4-10(17)18/h5,7,16H,1-4,6,8H2,(H,17,18). The van der Waals surface area contributed by atoms with E-state index in [1.54, 1.807) is 0 Å². The number of hydrogen-bond acceptors (Lipinski definition) is 3. The summed E-state index contributed by atoms with van der Waals surface area (Å²) >= 11 is 0.701. The molecule has 0 amide bonds. The molecule has 1 aromatic rings. The van der Waals surface area contributed by atoms with Gasteiger partial charge in [0.2, 0.25) is 0 Å². The van der Waals surface area contributed by atoms with Gasteiger partial charge in [-0.2, -0.15) is 13.2 Å². The molecule has 3 nitrogen and oxygen atoms in total. The van der Waals surface area contributed by atoms with Gasteiger partial charge in [0.1, 0.15) is 4.88 Å². The number of thiophene rings is 1. The van der Waals surface area contributed by atoms with Gasteiger partial charge in [0.15, 0.2) is 0 Å². The molecule has 1 heterocycles. The SMILES string of the molecule is O=C(O)CCCCCNCc1ccsc1C(F)(F)F. The molecule has 0 saturated heterocycles. The van der Waals surface area contributed by atoms with E-state index in [0.717, 1.165) is 12.8 Å². The van der Waals surface area contributed by atoms with Gasteiger partial charge in [0, 0.05) is 13.0 Å². The summed E-state index contributed by atoms with van der Waals surface area (Å²) in [6.07, 6.45) is -2.02. The van der Waals surface area contributed by atoms with Gasteiger partial charge >= 0.3 is 12.1 Å². The van der Waals surface area contributed by atoms with Crippen molar-refractivity contribution in [2.24, 2.45) is 0 Å². The van der Waals surface area contributed by atoms with Gasteiger partial charge in [-0.05, 0) is 36.4 Å². The van der Waals surface area contributed by atoms with E-state index < -0.39 is 17.0 Å². The average molecular weight is 295 g/mol. The highest BCUT2D eigenvalue weighted by Gasteiger charge is 2.34. The molecule has 108 valence electrons. The topological polar surface area (TPSA) is 49.3 Å². The molecular formula is C12H16F3NO2S. The highest BCUT2D eigenvalue weighted by atomic mass is 32.1. The van der Waals surface area contributed by atoms with Crippen LogP contribution in [0.2, 0.25) is 0 Å². The van der Waals surface area contributed by atoms with E-state index in [0.29, 0.717) is 24.3 Å². The van der Waals surface area contributed by atoms with Gasteiger partial charge in [-0.1, -0.05) is 6.42 Å². The number of hydrogen-bond donors (Lipinski definition) is 2. The van der Waals surface area contributed by atoms with Crippen molar-refractivity contribution in [1.82, 2.24) is 5.32 Å². The smallest absolute Gasteiger partial charge is 0.425 e. The van der Waals surface area contributed by atoms with Gasteiger partial charge in [-0.3, -0.25) is 4.79 Å². The molecule has 19 heavy (non-hydrogen) atoms. The van der Waals surface area contributed by atoms with Crippen LogP contribution >= 0.6 is 11.3 Å². The predicted octanol–water partition coefficient (Wildman–Crippen LogP) is 3.50. The number of nitrogens with one attached hydrogen (secondary N) is 1. The molecule has 0 aliphatic carbocycles. The highest BCUT2D eigenvalue weighted by molar-refractivity contribution is 7.10. The zero-order chi connectivity index (χ0) is 14.3. The van der Waals surface area contributed by atoms with Crippen LogP contribution in [0.1, 0.15) is 36.1 Å². The summed E-state index contributed by atoms with van der Waals surface area (Å²) < 4.78 is 37.7. The minimum absolute atomic E-state index is 0.142. The molecule has 0 aliphatic rings. The quantitative estimate of drug-likeness (QED) is 0.722. The predicted molar refractivity (Wildman–Crippen MR) is 67.1 cm³/mol. The number of unbranched alkanes of at least 4 members (excludes halogenated alkanes) is 2. The first kappa shape index (κ1) is 16.0. The van der Waals surface area contributed by atoms with Gasteiger partial charge in [-0.15, -0.1) is 11.3 Å². The number of aliphatic carboxylic acids is 1. The van der Waals surface area contributed by atoms with Crippen molar-refractivity contribution >= 4 is 17.3 Å². The van der Waals surface area contributed by atoms with Crippen molar-refractivity contribution in [1.29, 1.82) is 0 Å². The van der Waals surface area contributed by atoms with Crippen molar-refractivity contribution in [3.05, 3.63) is 21.9 Å². The first-order chi connectivity index (χ1) is 8.91. The van der Waals surface area contributed by atoms with E-state index in [1.807, 2.05) is 0 Å². The minimum Gasteiger partial charge on any atom is -0.481 e. The molecule has 0 aromatic carbocycles. The lowest BCUT2D eigenvalue weighted by Gasteiger charge is -2.08. The summed E-state index contributed by atoms with van der Waals surface area (Å²) in [6.45, 7) is 0.782. The van der Waals surface area contributed by atoms with Gasteiger partial charge in [0.05, 0.1) is 0 Å².